The summed E-state index contributed by atoms with van der Waals surface area (Å²) in [5, 5.41) is 0. The lowest BCUT2D eigenvalue weighted by molar-refractivity contribution is 0.163. The van der Waals surface area contributed by atoms with Gasteiger partial charge >= 0.3 is 0 Å². The average molecular weight is 412 g/mol. The number of halogens is 2. The number of H-pyrrole nitrogens is 1. The molecule has 8 heteroatoms. The largest absolute Gasteiger partial charge is 0.487 e. The number of aromatic nitrogens is 3. The van der Waals surface area contributed by atoms with Gasteiger partial charge in [0.25, 0.3) is 5.56 Å². The topological polar surface area (TPSA) is 71.1 Å². The smallest absolute Gasteiger partial charge is 0.254 e. The van der Waals surface area contributed by atoms with Gasteiger partial charge in [-0.3, -0.25) is 4.79 Å². The van der Waals surface area contributed by atoms with Crippen molar-refractivity contribution in [2.75, 3.05) is 18.0 Å². The summed E-state index contributed by atoms with van der Waals surface area (Å²) in [6.45, 7) is 4.96. The highest BCUT2D eigenvalue weighted by atomic mass is 19.1. The Kier molecular flexibility index (Phi) is 5.48. The zero-order chi connectivity index (χ0) is 21.3. The first kappa shape index (κ1) is 20.0. The van der Waals surface area contributed by atoms with Crippen LogP contribution in [0.4, 0.5) is 14.6 Å². The number of aryl methyl sites for hydroxylation is 1. The first-order valence-electron chi connectivity index (χ1n) is 9.81. The maximum absolute atomic E-state index is 13.8. The van der Waals surface area contributed by atoms with Gasteiger partial charge in [0, 0.05) is 55.0 Å². The van der Waals surface area contributed by atoms with Gasteiger partial charge in [0.1, 0.15) is 23.6 Å². The Morgan fingerprint density at radius 3 is 2.53 bits per heavy atom. The van der Waals surface area contributed by atoms with E-state index in [0.29, 0.717) is 43.0 Å². The van der Waals surface area contributed by atoms with Crippen molar-refractivity contribution >= 4 is 5.82 Å². The molecule has 1 aromatic carbocycles. The normalized spacial score (nSPS) is 14.7. The van der Waals surface area contributed by atoms with Crippen molar-refractivity contribution in [1.29, 1.82) is 0 Å². The van der Waals surface area contributed by atoms with Crippen LogP contribution in [0.25, 0.3) is 11.4 Å². The molecule has 0 radical (unpaired) electrons. The molecule has 156 valence electrons. The lowest BCUT2D eigenvalue weighted by Gasteiger charge is -2.33. The summed E-state index contributed by atoms with van der Waals surface area (Å²) in [5.74, 6) is 0.0797. The molecule has 0 aliphatic carbocycles. The Bertz CT molecular complexity index is 1110. The van der Waals surface area contributed by atoms with Gasteiger partial charge < -0.3 is 14.6 Å². The predicted octanol–water partition coefficient (Wildman–Crippen LogP) is 3.77. The van der Waals surface area contributed by atoms with Crippen molar-refractivity contribution in [1.82, 2.24) is 15.0 Å². The maximum atomic E-state index is 13.8. The summed E-state index contributed by atoms with van der Waals surface area (Å²) in [5.41, 5.74) is 1.89. The summed E-state index contributed by atoms with van der Waals surface area (Å²) in [6.07, 6.45) is 2.96. The fourth-order valence-corrected chi connectivity index (χ4v) is 3.45. The summed E-state index contributed by atoms with van der Waals surface area (Å²) < 4.78 is 32.5. The van der Waals surface area contributed by atoms with Crippen LogP contribution in [0.3, 0.4) is 0 Å². The molecule has 30 heavy (non-hydrogen) atoms. The fraction of sp³-hybridized carbons (Fsp3) is 0.318. The molecule has 0 spiro atoms. The van der Waals surface area contributed by atoms with Gasteiger partial charge in [-0.05, 0) is 38.1 Å². The SMILES string of the molecule is Cc1nc(-c2ccc(N3CCC(Oc4ccc(F)cc4F)CC3)nc2)[nH]c(=O)c1C. The van der Waals surface area contributed by atoms with Gasteiger partial charge in [-0.2, -0.15) is 0 Å². The molecular weight excluding hydrogens is 390 g/mol. The van der Waals surface area contributed by atoms with E-state index in [4.69, 9.17) is 4.74 Å². The molecule has 1 aliphatic heterocycles. The van der Waals surface area contributed by atoms with Crippen LogP contribution < -0.4 is 15.2 Å². The Morgan fingerprint density at radius 2 is 1.90 bits per heavy atom. The molecule has 3 aromatic rings. The van der Waals surface area contributed by atoms with Crippen LogP contribution in [-0.2, 0) is 0 Å². The second kappa shape index (κ2) is 8.22. The number of nitrogens with one attached hydrogen (secondary N) is 1. The molecule has 1 saturated heterocycles. The van der Waals surface area contributed by atoms with E-state index in [1.54, 1.807) is 20.0 Å². The van der Waals surface area contributed by atoms with Gasteiger partial charge in [0.2, 0.25) is 0 Å². The highest BCUT2D eigenvalue weighted by Gasteiger charge is 2.22. The van der Waals surface area contributed by atoms with E-state index in [2.05, 4.69) is 19.9 Å². The maximum Gasteiger partial charge on any atom is 0.254 e. The lowest BCUT2D eigenvalue weighted by atomic mass is 10.1. The van der Waals surface area contributed by atoms with E-state index in [-0.39, 0.29) is 17.4 Å². The highest BCUT2D eigenvalue weighted by molar-refractivity contribution is 5.56. The first-order chi connectivity index (χ1) is 14.4. The van der Waals surface area contributed by atoms with Gasteiger partial charge in [-0.15, -0.1) is 0 Å². The Morgan fingerprint density at radius 1 is 1.13 bits per heavy atom. The van der Waals surface area contributed by atoms with Crippen LogP contribution in [0.2, 0.25) is 0 Å². The number of rotatable bonds is 4. The minimum atomic E-state index is -0.687. The molecule has 0 amide bonds. The standard InChI is InChI=1S/C22H22F2N4O2/c1-13-14(2)26-21(27-22(13)29)15-3-6-20(25-12-15)28-9-7-17(8-10-28)30-19-5-4-16(23)11-18(19)24/h3-6,11-12,17H,7-10H2,1-2H3,(H,26,27,29). The average Bonchev–Trinajstić information content (AvgIpc) is 2.74. The van der Waals surface area contributed by atoms with Crippen LogP contribution in [0.15, 0.2) is 41.3 Å². The van der Waals surface area contributed by atoms with Gasteiger partial charge in [0.05, 0.1) is 0 Å². The molecule has 1 aliphatic rings. The van der Waals surface area contributed by atoms with Crippen molar-refractivity contribution in [3.05, 3.63) is 69.8 Å². The van der Waals surface area contributed by atoms with Crippen molar-refractivity contribution < 1.29 is 13.5 Å². The second-order valence-electron chi connectivity index (χ2n) is 7.41. The fourth-order valence-electron chi connectivity index (χ4n) is 3.45. The molecule has 0 bridgehead atoms. The third kappa shape index (κ3) is 4.17. The van der Waals surface area contributed by atoms with E-state index in [0.717, 1.165) is 17.4 Å². The molecule has 1 fully saturated rings. The minimum absolute atomic E-state index is 0.0761. The molecule has 3 heterocycles. The van der Waals surface area contributed by atoms with Crippen LogP contribution >= 0.6 is 0 Å². The lowest BCUT2D eigenvalue weighted by Crippen LogP contribution is -2.38. The van der Waals surface area contributed by atoms with E-state index in [9.17, 15) is 13.6 Å². The number of benzene rings is 1. The quantitative estimate of drug-likeness (QED) is 0.706. The van der Waals surface area contributed by atoms with Crippen molar-refractivity contribution in [3.63, 3.8) is 0 Å². The van der Waals surface area contributed by atoms with Gasteiger partial charge in [0.15, 0.2) is 11.6 Å². The van der Waals surface area contributed by atoms with Crippen molar-refractivity contribution in [3.8, 4) is 17.1 Å². The van der Waals surface area contributed by atoms with E-state index >= 15 is 0 Å². The number of hydrogen-bond acceptors (Lipinski definition) is 5. The zero-order valence-electron chi connectivity index (χ0n) is 16.8. The molecule has 0 saturated carbocycles. The third-order valence-corrected chi connectivity index (χ3v) is 5.37. The Balaban J connectivity index is 1.40. The highest BCUT2D eigenvalue weighted by Crippen LogP contribution is 2.25. The molecule has 0 atom stereocenters. The van der Waals surface area contributed by atoms with Gasteiger partial charge in [-0.1, -0.05) is 0 Å². The second-order valence-corrected chi connectivity index (χ2v) is 7.41. The molecule has 1 N–H and O–H groups in total. The number of aromatic amines is 1. The van der Waals surface area contributed by atoms with Crippen LogP contribution in [0.1, 0.15) is 24.1 Å². The summed E-state index contributed by atoms with van der Waals surface area (Å²) >= 11 is 0. The number of nitrogens with zero attached hydrogens (tertiary/aromatic N) is 3. The zero-order valence-corrected chi connectivity index (χ0v) is 16.8. The Labute approximate surface area is 172 Å². The molecular formula is C22H22F2N4O2. The number of ether oxygens (including phenoxy) is 1. The molecule has 2 aromatic heterocycles. The number of anilines is 1. The van der Waals surface area contributed by atoms with E-state index in [1.807, 2.05) is 12.1 Å². The summed E-state index contributed by atoms with van der Waals surface area (Å²) in [7, 11) is 0. The van der Waals surface area contributed by atoms with Crippen LogP contribution in [0, 0.1) is 25.5 Å². The predicted molar refractivity (Wildman–Crippen MR) is 110 cm³/mol. The van der Waals surface area contributed by atoms with E-state index in [1.165, 1.54) is 12.1 Å². The molecule has 0 unspecified atom stereocenters. The van der Waals surface area contributed by atoms with E-state index < -0.39 is 11.6 Å². The number of pyridine rings is 1. The van der Waals surface area contributed by atoms with Crippen LogP contribution in [0.5, 0.6) is 5.75 Å². The van der Waals surface area contributed by atoms with Gasteiger partial charge in [-0.25, -0.2) is 18.7 Å². The number of piperidine rings is 1. The molecule has 6 nitrogen and oxygen atoms in total. The first-order valence-corrected chi connectivity index (χ1v) is 9.81. The monoisotopic (exact) mass is 412 g/mol. The summed E-state index contributed by atoms with van der Waals surface area (Å²) in [4.78, 5) is 25.8. The number of hydrogen-bond donors (Lipinski definition) is 1. The minimum Gasteiger partial charge on any atom is -0.487 e. The summed E-state index contributed by atoms with van der Waals surface area (Å²) in [6, 6.07) is 7.11. The van der Waals surface area contributed by atoms with Crippen LogP contribution in [-0.4, -0.2) is 34.1 Å². The molecule has 4 rings (SSSR count). The van der Waals surface area contributed by atoms with Crippen molar-refractivity contribution in [2.45, 2.75) is 32.8 Å². The van der Waals surface area contributed by atoms with Crippen molar-refractivity contribution in [2.24, 2.45) is 0 Å². The third-order valence-electron chi connectivity index (χ3n) is 5.37. The Hall–Kier alpha value is -3.29.